The number of methoxy groups -OCH3 is 1. The van der Waals surface area contributed by atoms with Gasteiger partial charge in [-0.05, 0) is 17.7 Å². The summed E-state index contributed by atoms with van der Waals surface area (Å²) >= 11 is 0. The zero-order chi connectivity index (χ0) is 13.8. The lowest BCUT2D eigenvalue weighted by molar-refractivity contribution is 0.160. The summed E-state index contributed by atoms with van der Waals surface area (Å²) in [5, 5.41) is 8.87. The molecule has 1 aliphatic heterocycles. The highest BCUT2D eigenvalue weighted by atomic mass is 19.1. The van der Waals surface area contributed by atoms with E-state index in [0.29, 0.717) is 6.61 Å². The van der Waals surface area contributed by atoms with E-state index in [-0.39, 0.29) is 17.5 Å². The first-order valence-electron chi connectivity index (χ1n) is 6.32. The highest BCUT2D eigenvalue weighted by Crippen LogP contribution is 2.27. The lowest BCUT2D eigenvalue weighted by atomic mass is 9.93. The minimum atomic E-state index is -0.478. The Morgan fingerprint density at radius 2 is 2.32 bits per heavy atom. The van der Waals surface area contributed by atoms with E-state index < -0.39 is 5.82 Å². The molecule has 1 aromatic carbocycles. The molecule has 0 bridgehead atoms. The van der Waals surface area contributed by atoms with E-state index in [4.69, 9.17) is 15.7 Å². The second kappa shape index (κ2) is 6.11. The van der Waals surface area contributed by atoms with Gasteiger partial charge in [0.1, 0.15) is 11.9 Å². The third-order valence-corrected chi connectivity index (χ3v) is 3.59. The SMILES string of the molecule is COCCN1C[C@@H](N)[C@H](c2ccc(F)c(C#N)c2)C1. The molecule has 0 amide bonds. The van der Waals surface area contributed by atoms with Crippen LogP contribution >= 0.6 is 0 Å². The van der Waals surface area contributed by atoms with Crippen molar-refractivity contribution < 1.29 is 9.13 Å². The van der Waals surface area contributed by atoms with Crippen molar-refractivity contribution in [1.29, 1.82) is 5.26 Å². The van der Waals surface area contributed by atoms with Crippen molar-refractivity contribution in [3.63, 3.8) is 0 Å². The van der Waals surface area contributed by atoms with Gasteiger partial charge in [0.2, 0.25) is 0 Å². The Labute approximate surface area is 112 Å². The van der Waals surface area contributed by atoms with Gasteiger partial charge in [0.25, 0.3) is 0 Å². The maximum Gasteiger partial charge on any atom is 0.140 e. The smallest absolute Gasteiger partial charge is 0.140 e. The summed E-state index contributed by atoms with van der Waals surface area (Å²) < 4.78 is 18.4. The van der Waals surface area contributed by atoms with Crippen molar-refractivity contribution in [2.75, 3.05) is 33.4 Å². The Morgan fingerprint density at radius 3 is 3.00 bits per heavy atom. The molecule has 19 heavy (non-hydrogen) atoms. The first-order chi connectivity index (χ1) is 9.15. The summed E-state index contributed by atoms with van der Waals surface area (Å²) in [4.78, 5) is 2.23. The molecule has 1 aliphatic rings. The molecule has 1 heterocycles. The zero-order valence-corrected chi connectivity index (χ0v) is 11.0. The van der Waals surface area contributed by atoms with Gasteiger partial charge in [-0.25, -0.2) is 4.39 Å². The van der Waals surface area contributed by atoms with Gasteiger partial charge in [0, 0.05) is 38.7 Å². The maximum atomic E-state index is 13.3. The first kappa shape index (κ1) is 13.9. The summed E-state index contributed by atoms with van der Waals surface area (Å²) in [6, 6.07) is 6.56. The van der Waals surface area contributed by atoms with E-state index in [2.05, 4.69) is 4.90 Å². The molecule has 4 nitrogen and oxygen atoms in total. The van der Waals surface area contributed by atoms with Gasteiger partial charge >= 0.3 is 0 Å². The third-order valence-electron chi connectivity index (χ3n) is 3.59. The van der Waals surface area contributed by atoms with Crippen LogP contribution in [0.15, 0.2) is 18.2 Å². The van der Waals surface area contributed by atoms with E-state index in [9.17, 15) is 4.39 Å². The molecule has 0 spiro atoms. The van der Waals surface area contributed by atoms with Gasteiger partial charge in [-0.3, -0.25) is 4.90 Å². The van der Waals surface area contributed by atoms with E-state index in [0.717, 1.165) is 25.2 Å². The number of nitrogens with zero attached hydrogens (tertiary/aromatic N) is 2. The Balaban J connectivity index is 2.12. The molecular formula is C14H18FN3O. The van der Waals surface area contributed by atoms with Crippen LogP contribution in [0.1, 0.15) is 17.0 Å². The van der Waals surface area contributed by atoms with E-state index in [1.165, 1.54) is 6.07 Å². The average Bonchev–Trinajstić information content (AvgIpc) is 2.78. The second-order valence-electron chi connectivity index (χ2n) is 4.87. The Hall–Kier alpha value is -1.48. The van der Waals surface area contributed by atoms with Crippen LogP contribution in [0.5, 0.6) is 0 Å². The van der Waals surface area contributed by atoms with Crippen molar-refractivity contribution in [2.24, 2.45) is 5.73 Å². The van der Waals surface area contributed by atoms with Gasteiger partial charge < -0.3 is 10.5 Å². The molecule has 2 rings (SSSR count). The molecule has 5 heteroatoms. The Kier molecular flexibility index (Phi) is 4.48. The molecule has 0 aromatic heterocycles. The van der Waals surface area contributed by atoms with Crippen LogP contribution in [0.2, 0.25) is 0 Å². The van der Waals surface area contributed by atoms with Gasteiger partial charge in [0.15, 0.2) is 0 Å². The number of rotatable bonds is 4. The van der Waals surface area contributed by atoms with E-state index in [1.54, 1.807) is 19.2 Å². The van der Waals surface area contributed by atoms with Crippen LogP contribution in [0.4, 0.5) is 4.39 Å². The number of hydrogen-bond acceptors (Lipinski definition) is 4. The van der Waals surface area contributed by atoms with Crippen LogP contribution < -0.4 is 5.73 Å². The third kappa shape index (κ3) is 3.10. The van der Waals surface area contributed by atoms with Crippen LogP contribution in [-0.4, -0.2) is 44.3 Å². The van der Waals surface area contributed by atoms with Crippen LogP contribution in [-0.2, 0) is 4.74 Å². The summed E-state index contributed by atoms with van der Waals surface area (Å²) in [6.45, 7) is 3.13. The molecular weight excluding hydrogens is 245 g/mol. The van der Waals surface area contributed by atoms with Gasteiger partial charge in [-0.2, -0.15) is 5.26 Å². The fraction of sp³-hybridized carbons (Fsp3) is 0.500. The highest BCUT2D eigenvalue weighted by Gasteiger charge is 2.31. The molecule has 102 valence electrons. The number of nitriles is 1. The molecule has 2 N–H and O–H groups in total. The molecule has 1 aromatic rings. The standard InChI is InChI=1S/C14H18FN3O/c1-19-5-4-18-8-12(14(17)9-18)10-2-3-13(15)11(6-10)7-16/h2-3,6,12,14H,4-5,8-9,17H2,1H3/t12-,14+/m0/s1. The highest BCUT2D eigenvalue weighted by molar-refractivity contribution is 5.37. The molecule has 1 saturated heterocycles. The number of hydrogen-bond donors (Lipinski definition) is 1. The number of nitrogens with two attached hydrogens (primary N) is 1. The van der Waals surface area contributed by atoms with Crippen LogP contribution in [0.3, 0.4) is 0 Å². The topological polar surface area (TPSA) is 62.3 Å². The molecule has 1 fully saturated rings. The predicted molar refractivity (Wildman–Crippen MR) is 70.1 cm³/mol. The predicted octanol–water partition coefficient (Wildman–Crippen LogP) is 1.07. The van der Waals surface area contributed by atoms with E-state index >= 15 is 0 Å². The van der Waals surface area contributed by atoms with Gasteiger partial charge in [-0.1, -0.05) is 6.07 Å². The van der Waals surface area contributed by atoms with E-state index in [1.807, 2.05) is 6.07 Å². The van der Waals surface area contributed by atoms with Gasteiger partial charge in [-0.15, -0.1) is 0 Å². The number of ether oxygens (including phenoxy) is 1. The lowest BCUT2D eigenvalue weighted by Gasteiger charge is -2.16. The monoisotopic (exact) mass is 263 g/mol. The van der Waals surface area contributed by atoms with Crippen LogP contribution in [0, 0.1) is 17.1 Å². The molecule has 2 atom stereocenters. The largest absolute Gasteiger partial charge is 0.383 e. The number of likely N-dealkylation sites (tertiary alicyclic amines) is 1. The summed E-state index contributed by atoms with van der Waals surface area (Å²) in [5.74, 6) is -0.335. The Morgan fingerprint density at radius 1 is 1.53 bits per heavy atom. The van der Waals surface area contributed by atoms with Crippen molar-refractivity contribution in [3.05, 3.63) is 35.1 Å². The molecule has 0 unspecified atom stereocenters. The van der Waals surface area contributed by atoms with Crippen molar-refractivity contribution in [2.45, 2.75) is 12.0 Å². The normalized spacial score (nSPS) is 23.5. The average molecular weight is 263 g/mol. The van der Waals surface area contributed by atoms with Crippen molar-refractivity contribution >= 4 is 0 Å². The minimum Gasteiger partial charge on any atom is -0.383 e. The van der Waals surface area contributed by atoms with Gasteiger partial charge in [0.05, 0.1) is 12.2 Å². The Bertz CT molecular complexity index is 486. The summed E-state index contributed by atoms with van der Waals surface area (Å²) in [5.41, 5.74) is 7.16. The van der Waals surface area contributed by atoms with Crippen molar-refractivity contribution in [1.82, 2.24) is 4.90 Å². The molecule has 0 radical (unpaired) electrons. The van der Waals surface area contributed by atoms with Crippen molar-refractivity contribution in [3.8, 4) is 6.07 Å². The molecule has 0 saturated carbocycles. The number of benzene rings is 1. The number of halogens is 1. The first-order valence-corrected chi connectivity index (χ1v) is 6.32. The zero-order valence-electron chi connectivity index (χ0n) is 11.0. The minimum absolute atomic E-state index is 0.00820. The fourth-order valence-corrected chi connectivity index (χ4v) is 2.53. The fourth-order valence-electron chi connectivity index (χ4n) is 2.53. The maximum absolute atomic E-state index is 13.3. The quantitative estimate of drug-likeness (QED) is 0.882. The second-order valence-corrected chi connectivity index (χ2v) is 4.87. The van der Waals surface area contributed by atoms with Crippen LogP contribution in [0.25, 0.3) is 0 Å². The molecule has 0 aliphatic carbocycles. The lowest BCUT2D eigenvalue weighted by Crippen LogP contribution is -2.30. The summed E-state index contributed by atoms with van der Waals surface area (Å²) in [6.07, 6.45) is 0. The summed E-state index contributed by atoms with van der Waals surface area (Å²) in [7, 11) is 1.67.